The van der Waals surface area contributed by atoms with E-state index in [4.69, 9.17) is 9.47 Å². The first-order valence-corrected chi connectivity index (χ1v) is 13.5. The summed E-state index contributed by atoms with van der Waals surface area (Å²) < 4.78 is 10.3. The number of hydrogen-bond acceptors (Lipinski definition) is 10. The second-order valence-corrected chi connectivity index (χ2v) is 9.43. The number of hydrogen-bond donors (Lipinski definition) is 3. The van der Waals surface area contributed by atoms with Crippen molar-refractivity contribution in [3.05, 3.63) is 42.2 Å². The quantitative estimate of drug-likeness (QED) is 0.158. The van der Waals surface area contributed by atoms with Crippen LogP contribution in [0.2, 0.25) is 0 Å². The minimum Gasteiger partial charge on any atom is -0.481 e. The average molecular weight is 567 g/mol. The molecule has 3 N–H and O–H groups in total. The van der Waals surface area contributed by atoms with Gasteiger partial charge in [0.05, 0.1) is 18.9 Å². The van der Waals surface area contributed by atoms with Crippen LogP contribution in [0.15, 0.2) is 36.7 Å². The zero-order chi connectivity index (χ0) is 30.0. The fourth-order valence-electron chi connectivity index (χ4n) is 3.36. The Hall–Kier alpha value is -4.21. The molecule has 0 aromatic carbocycles. The molecule has 2 heterocycles. The van der Waals surface area contributed by atoms with Gasteiger partial charge >= 0.3 is 0 Å². The minimum atomic E-state index is -0.582. The molecule has 222 valence electrons. The number of nitrogens with zero attached hydrogens (tertiary/aromatic N) is 5. The van der Waals surface area contributed by atoms with E-state index in [0.717, 1.165) is 12.1 Å². The lowest BCUT2D eigenvalue weighted by molar-refractivity contribution is -0.135. The summed E-state index contributed by atoms with van der Waals surface area (Å²) >= 11 is 0. The van der Waals surface area contributed by atoms with E-state index in [9.17, 15) is 9.59 Å². The van der Waals surface area contributed by atoms with Crippen LogP contribution in [0.3, 0.4) is 0 Å². The lowest BCUT2D eigenvalue weighted by Gasteiger charge is -2.23. The fourth-order valence-corrected chi connectivity index (χ4v) is 3.36. The van der Waals surface area contributed by atoms with Gasteiger partial charge in [-0.25, -0.2) is 9.97 Å². The molecule has 0 saturated carbocycles. The van der Waals surface area contributed by atoms with Crippen LogP contribution in [0, 0.1) is 11.8 Å². The van der Waals surface area contributed by atoms with E-state index >= 15 is 0 Å². The highest BCUT2D eigenvalue weighted by molar-refractivity contribution is 5.92. The lowest BCUT2D eigenvalue weighted by Crippen LogP contribution is -2.45. The Balaban J connectivity index is 1.92. The zero-order valence-corrected chi connectivity index (χ0v) is 24.9. The van der Waals surface area contributed by atoms with Crippen LogP contribution in [0.25, 0.3) is 0 Å². The zero-order valence-electron chi connectivity index (χ0n) is 24.9. The first-order valence-electron chi connectivity index (χ1n) is 13.5. The van der Waals surface area contributed by atoms with Gasteiger partial charge in [-0.15, -0.1) is 0 Å². The number of amides is 2. The van der Waals surface area contributed by atoms with Gasteiger partial charge < -0.3 is 35.2 Å². The summed E-state index contributed by atoms with van der Waals surface area (Å²) in [5, 5.41) is 9.34. The number of carbonyl (C=O) groups is 2. The van der Waals surface area contributed by atoms with Gasteiger partial charge in [0, 0.05) is 70.8 Å². The monoisotopic (exact) mass is 566 g/mol. The van der Waals surface area contributed by atoms with Crippen LogP contribution < -0.4 is 20.7 Å². The summed E-state index contributed by atoms with van der Waals surface area (Å²) in [5.41, 5.74) is 1.41. The summed E-state index contributed by atoms with van der Waals surface area (Å²) in [6, 6.07) is 2.97. The predicted molar refractivity (Wildman–Crippen MR) is 160 cm³/mol. The highest BCUT2D eigenvalue weighted by Gasteiger charge is 2.20. The molecule has 0 unspecified atom stereocenters. The van der Waals surface area contributed by atoms with Crippen molar-refractivity contribution in [2.75, 3.05) is 72.2 Å². The molecule has 0 fully saturated rings. The molecule has 0 saturated heterocycles. The van der Waals surface area contributed by atoms with Gasteiger partial charge in [-0.1, -0.05) is 17.9 Å². The Morgan fingerprint density at radius 1 is 1.15 bits per heavy atom. The second kappa shape index (κ2) is 18.2. The molecule has 1 atom stereocenters. The highest BCUT2D eigenvalue weighted by atomic mass is 16.5. The predicted octanol–water partition coefficient (Wildman–Crippen LogP) is 2.28. The van der Waals surface area contributed by atoms with Gasteiger partial charge in [0.1, 0.15) is 11.9 Å². The molecule has 12 nitrogen and oxygen atoms in total. The molecule has 0 spiro atoms. The summed E-state index contributed by atoms with van der Waals surface area (Å²) in [4.78, 5) is 41.2. The maximum absolute atomic E-state index is 12.5. The van der Waals surface area contributed by atoms with E-state index in [2.05, 4.69) is 42.7 Å². The first kappa shape index (κ1) is 33.0. The summed E-state index contributed by atoms with van der Waals surface area (Å²) in [6.07, 6.45) is 8.60. The minimum absolute atomic E-state index is 0.208. The number of rotatable bonds is 16. The Bertz CT molecular complexity index is 1210. The van der Waals surface area contributed by atoms with Gasteiger partial charge in [0.15, 0.2) is 0 Å². The van der Waals surface area contributed by atoms with Crippen LogP contribution in [-0.2, 0) is 14.3 Å². The molecule has 0 aliphatic heterocycles. The van der Waals surface area contributed by atoms with Gasteiger partial charge in [-0.3, -0.25) is 9.59 Å². The number of carbonyl (C=O) groups excluding carboxylic acids is 2. The molecule has 2 amide bonds. The summed E-state index contributed by atoms with van der Waals surface area (Å²) in [6.45, 7) is 4.10. The maximum Gasteiger partial charge on any atom is 0.246 e. The second-order valence-electron chi connectivity index (χ2n) is 9.43. The number of methoxy groups -OCH3 is 2. The Labute approximate surface area is 242 Å². The van der Waals surface area contributed by atoms with E-state index in [1.807, 2.05) is 19.0 Å². The molecule has 2 aromatic rings. The highest BCUT2D eigenvalue weighted by Crippen LogP contribution is 2.19. The van der Waals surface area contributed by atoms with Crippen molar-refractivity contribution in [3.63, 3.8) is 0 Å². The van der Waals surface area contributed by atoms with E-state index in [-0.39, 0.29) is 11.8 Å². The Kier molecular flexibility index (Phi) is 14.6. The maximum atomic E-state index is 12.5. The Morgan fingerprint density at radius 3 is 2.68 bits per heavy atom. The van der Waals surface area contributed by atoms with Gasteiger partial charge in [0.2, 0.25) is 23.6 Å². The first-order chi connectivity index (χ1) is 19.7. The van der Waals surface area contributed by atoms with Crippen LogP contribution in [0.1, 0.15) is 31.7 Å². The topological polar surface area (TPSA) is 134 Å². The van der Waals surface area contributed by atoms with Crippen molar-refractivity contribution >= 4 is 29.3 Å². The number of likely N-dealkylation sites (N-methyl/N-ethyl adjacent to an activating group) is 2. The molecule has 0 aliphatic rings. The SMILES string of the molecule is COCCCNc1nc(Nc2ccnc(OC)c2)ncc1C#CCCCNC(=O)[C@H](C)N(C)C(=O)/C=C/CN(C)C. The van der Waals surface area contributed by atoms with Gasteiger partial charge in [-0.2, -0.15) is 4.98 Å². The van der Waals surface area contributed by atoms with Crippen LogP contribution >= 0.6 is 0 Å². The van der Waals surface area contributed by atoms with Crippen molar-refractivity contribution in [1.82, 2.24) is 30.1 Å². The number of nitrogens with one attached hydrogen (secondary N) is 3. The number of pyridine rings is 1. The number of anilines is 3. The van der Waals surface area contributed by atoms with E-state index in [0.29, 0.717) is 62.3 Å². The molecular formula is C29H42N8O4. The third-order valence-electron chi connectivity index (χ3n) is 5.85. The van der Waals surface area contributed by atoms with Crippen molar-refractivity contribution < 1.29 is 19.1 Å². The third kappa shape index (κ3) is 12.2. The van der Waals surface area contributed by atoms with Crippen molar-refractivity contribution in [3.8, 4) is 17.7 Å². The van der Waals surface area contributed by atoms with Gasteiger partial charge in [0.25, 0.3) is 0 Å². The fraction of sp³-hybridized carbons (Fsp3) is 0.483. The third-order valence-corrected chi connectivity index (χ3v) is 5.85. The van der Waals surface area contributed by atoms with Crippen molar-refractivity contribution in [2.45, 2.75) is 32.2 Å². The van der Waals surface area contributed by atoms with E-state index in [1.165, 1.54) is 11.0 Å². The largest absolute Gasteiger partial charge is 0.481 e. The molecule has 0 aliphatic carbocycles. The lowest BCUT2D eigenvalue weighted by atomic mass is 10.2. The van der Waals surface area contributed by atoms with E-state index in [1.54, 1.807) is 58.8 Å². The van der Waals surface area contributed by atoms with Gasteiger partial charge in [-0.05, 0) is 39.9 Å². The molecular weight excluding hydrogens is 524 g/mol. The molecule has 0 radical (unpaired) electrons. The number of ether oxygens (including phenoxy) is 2. The summed E-state index contributed by atoms with van der Waals surface area (Å²) in [7, 11) is 8.68. The number of aromatic nitrogens is 3. The molecule has 2 rings (SSSR count). The van der Waals surface area contributed by atoms with Crippen molar-refractivity contribution in [1.29, 1.82) is 0 Å². The molecule has 41 heavy (non-hydrogen) atoms. The molecule has 12 heteroatoms. The van der Waals surface area contributed by atoms with Crippen LogP contribution in [-0.4, -0.2) is 104 Å². The standard InChI is InChI=1S/C29H42N8O4/c1-22(37(4)26(38)13-10-18-36(2)3)28(39)32-15-9-7-8-12-23-21-33-29(35-27(23)31-16-11-19-40-5)34-24-14-17-30-25(20-24)41-6/h10,13-14,17,20-22H,7,9,11,15-16,18-19H2,1-6H3,(H,32,39)(H2,30,31,33,34,35)/b13-10+/t22-/m0/s1. The van der Waals surface area contributed by atoms with Crippen molar-refractivity contribution in [2.24, 2.45) is 0 Å². The smallest absolute Gasteiger partial charge is 0.246 e. The molecule has 2 aromatic heterocycles. The number of unbranched alkanes of at least 4 members (excludes halogenated alkanes) is 1. The Morgan fingerprint density at radius 2 is 1.95 bits per heavy atom. The van der Waals surface area contributed by atoms with Crippen LogP contribution in [0.5, 0.6) is 5.88 Å². The summed E-state index contributed by atoms with van der Waals surface area (Å²) in [5.74, 6) is 7.35. The average Bonchev–Trinajstić information content (AvgIpc) is 2.96. The van der Waals surface area contributed by atoms with E-state index < -0.39 is 6.04 Å². The van der Waals surface area contributed by atoms with Crippen LogP contribution in [0.4, 0.5) is 17.5 Å². The normalized spacial score (nSPS) is 11.5. The molecule has 0 bridgehead atoms.